The van der Waals surface area contributed by atoms with Gasteiger partial charge < -0.3 is 20.1 Å². The van der Waals surface area contributed by atoms with E-state index in [4.69, 9.17) is 9.47 Å². The molecule has 9 nitrogen and oxygen atoms in total. The van der Waals surface area contributed by atoms with E-state index < -0.39 is 0 Å². The highest BCUT2D eigenvalue weighted by Crippen LogP contribution is 2.35. The third-order valence-electron chi connectivity index (χ3n) is 5.92. The first kappa shape index (κ1) is 25.4. The van der Waals surface area contributed by atoms with Gasteiger partial charge in [-0.2, -0.15) is 5.10 Å². The number of fused-ring (bicyclic) bond motifs is 2. The molecule has 182 valence electrons. The summed E-state index contributed by atoms with van der Waals surface area (Å²) in [7, 11) is 1.75. The normalized spacial score (nSPS) is 16.9. The fourth-order valence-electron chi connectivity index (χ4n) is 4.34. The maximum atomic E-state index is 12.4. The number of halogens is 1. The molecule has 4 rings (SSSR count). The van der Waals surface area contributed by atoms with Gasteiger partial charge >= 0.3 is 5.69 Å². The third-order valence-corrected chi connectivity index (χ3v) is 5.92. The Bertz CT molecular complexity index is 1030. The number of ether oxygens (including phenoxy) is 2. The highest BCUT2D eigenvalue weighted by molar-refractivity contribution is 14.0. The van der Waals surface area contributed by atoms with Crippen LogP contribution in [0.5, 0.6) is 11.5 Å². The Morgan fingerprint density at radius 3 is 2.94 bits per heavy atom. The van der Waals surface area contributed by atoms with E-state index in [-0.39, 0.29) is 35.8 Å². The Kier molecular flexibility index (Phi) is 9.04. The van der Waals surface area contributed by atoms with Crippen molar-refractivity contribution in [2.24, 2.45) is 4.99 Å². The Balaban J connectivity index is 0.00000306. The molecule has 0 saturated carbocycles. The van der Waals surface area contributed by atoms with Crippen molar-refractivity contribution < 1.29 is 9.47 Å². The fourth-order valence-corrected chi connectivity index (χ4v) is 4.34. The summed E-state index contributed by atoms with van der Waals surface area (Å²) in [5, 5.41) is 11.2. The van der Waals surface area contributed by atoms with Crippen molar-refractivity contribution in [2.45, 2.75) is 71.7 Å². The van der Waals surface area contributed by atoms with Crippen LogP contribution in [0.2, 0.25) is 0 Å². The second-order valence-electron chi connectivity index (χ2n) is 8.37. The highest BCUT2D eigenvalue weighted by atomic mass is 127. The van der Waals surface area contributed by atoms with Crippen LogP contribution in [0.3, 0.4) is 0 Å². The number of nitrogens with one attached hydrogen (secondary N) is 2. The monoisotopic (exact) mass is 570 g/mol. The van der Waals surface area contributed by atoms with Crippen LogP contribution in [-0.2, 0) is 32.5 Å². The molecule has 0 amide bonds. The van der Waals surface area contributed by atoms with Crippen molar-refractivity contribution in [1.82, 2.24) is 25.0 Å². The van der Waals surface area contributed by atoms with Gasteiger partial charge in [0.1, 0.15) is 23.4 Å². The second-order valence-corrected chi connectivity index (χ2v) is 8.37. The molecule has 1 aromatic heterocycles. The number of benzene rings is 1. The second kappa shape index (κ2) is 11.8. The standard InChI is InChI=1S/C23H34N6O3.HI/c1-4-31-19-13-17-12-16(2)32-20(17)14-18(19)15-26-22(24-3)25-9-7-11-29-23(30)28-10-6-5-8-21(28)27-29;/h13-14,16H,4-12,15H2,1-3H3,(H2,24,25,26);1H. The van der Waals surface area contributed by atoms with E-state index in [9.17, 15) is 4.79 Å². The number of hydrogen-bond donors (Lipinski definition) is 2. The first-order valence-electron chi connectivity index (χ1n) is 11.6. The van der Waals surface area contributed by atoms with Gasteiger partial charge in [-0.1, -0.05) is 0 Å². The Morgan fingerprint density at radius 2 is 2.18 bits per heavy atom. The molecule has 33 heavy (non-hydrogen) atoms. The van der Waals surface area contributed by atoms with Gasteiger partial charge in [0.05, 0.1) is 6.61 Å². The highest BCUT2D eigenvalue weighted by Gasteiger charge is 2.22. The van der Waals surface area contributed by atoms with Crippen LogP contribution >= 0.6 is 24.0 Å². The predicted molar refractivity (Wildman–Crippen MR) is 139 cm³/mol. The van der Waals surface area contributed by atoms with Gasteiger partial charge in [-0.05, 0) is 45.2 Å². The van der Waals surface area contributed by atoms with Gasteiger partial charge in [0.25, 0.3) is 0 Å². The summed E-state index contributed by atoms with van der Waals surface area (Å²) in [6.07, 6.45) is 4.96. The zero-order valence-electron chi connectivity index (χ0n) is 19.7. The molecule has 0 aliphatic carbocycles. The minimum atomic E-state index is 0. The zero-order valence-corrected chi connectivity index (χ0v) is 22.1. The van der Waals surface area contributed by atoms with Crippen molar-refractivity contribution >= 4 is 29.9 Å². The summed E-state index contributed by atoms with van der Waals surface area (Å²) in [6, 6.07) is 4.16. The molecular formula is C23H35IN6O3. The van der Waals surface area contributed by atoms with Gasteiger partial charge in [-0.15, -0.1) is 24.0 Å². The van der Waals surface area contributed by atoms with Gasteiger partial charge in [-0.25, -0.2) is 9.48 Å². The number of aliphatic imine (C=N–C) groups is 1. The minimum Gasteiger partial charge on any atom is -0.494 e. The largest absolute Gasteiger partial charge is 0.494 e. The lowest BCUT2D eigenvalue weighted by molar-refractivity contribution is 0.254. The van der Waals surface area contributed by atoms with E-state index in [0.29, 0.717) is 32.2 Å². The molecule has 0 spiro atoms. The number of hydrogen-bond acceptors (Lipinski definition) is 5. The molecule has 1 atom stereocenters. The quantitative estimate of drug-likeness (QED) is 0.219. The SMILES string of the molecule is CCOc1cc2c(cc1CNC(=NC)NCCCn1nc3n(c1=O)CCCC3)OC(C)C2.I. The first-order chi connectivity index (χ1) is 15.6. The number of nitrogens with zero attached hydrogens (tertiary/aromatic N) is 4. The van der Waals surface area contributed by atoms with Crippen LogP contribution in [0.1, 0.15) is 50.1 Å². The maximum absolute atomic E-state index is 12.4. The van der Waals surface area contributed by atoms with E-state index in [1.165, 1.54) is 5.56 Å². The molecule has 0 radical (unpaired) electrons. The molecule has 2 aromatic rings. The van der Waals surface area contributed by atoms with E-state index in [1.54, 1.807) is 11.7 Å². The van der Waals surface area contributed by atoms with Crippen LogP contribution in [0, 0.1) is 0 Å². The average molecular weight is 570 g/mol. The Morgan fingerprint density at radius 1 is 1.33 bits per heavy atom. The van der Waals surface area contributed by atoms with Crippen molar-refractivity contribution in [3.8, 4) is 11.5 Å². The van der Waals surface area contributed by atoms with E-state index in [1.807, 2.05) is 11.5 Å². The van der Waals surface area contributed by atoms with E-state index in [0.717, 1.165) is 61.5 Å². The molecule has 10 heteroatoms. The molecule has 1 aromatic carbocycles. The van der Waals surface area contributed by atoms with Crippen LogP contribution < -0.4 is 25.8 Å². The average Bonchev–Trinajstić information content (AvgIpc) is 3.31. The molecule has 0 bridgehead atoms. The lowest BCUT2D eigenvalue weighted by atomic mass is 10.1. The molecule has 2 aliphatic heterocycles. The number of aryl methyl sites for hydroxylation is 2. The number of rotatable bonds is 8. The van der Waals surface area contributed by atoms with Gasteiger partial charge in [0, 0.05) is 57.2 Å². The van der Waals surface area contributed by atoms with Crippen LogP contribution in [0.15, 0.2) is 21.9 Å². The van der Waals surface area contributed by atoms with Crippen LogP contribution in [0.4, 0.5) is 0 Å². The molecule has 2 N–H and O–H groups in total. The van der Waals surface area contributed by atoms with Gasteiger partial charge in [0.2, 0.25) is 0 Å². The zero-order chi connectivity index (χ0) is 22.5. The van der Waals surface area contributed by atoms with Crippen molar-refractivity contribution in [2.75, 3.05) is 20.2 Å². The van der Waals surface area contributed by atoms with Crippen molar-refractivity contribution in [3.05, 3.63) is 39.6 Å². The topological polar surface area (TPSA) is 94.7 Å². The minimum absolute atomic E-state index is 0. The lowest BCUT2D eigenvalue weighted by Crippen LogP contribution is -2.38. The van der Waals surface area contributed by atoms with Crippen molar-refractivity contribution in [1.29, 1.82) is 0 Å². The molecule has 3 heterocycles. The van der Waals surface area contributed by atoms with Crippen LogP contribution in [0.25, 0.3) is 0 Å². The predicted octanol–water partition coefficient (Wildman–Crippen LogP) is 2.48. The number of guanidine groups is 1. The molecule has 2 aliphatic rings. The summed E-state index contributed by atoms with van der Waals surface area (Å²) >= 11 is 0. The molecular weight excluding hydrogens is 535 g/mol. The summed E-state index contributed by atoms with van der Waals surface area (Å²) in [6.45, 7) is 7.34. The fraction of sp³-hybridized carbons (Fsp3) is 0.609. The smallest absolute Gasteiger partial charge is 0.345 e. The maximum Gasteiger partial charge on any atom is 0.345 e. The van der Waals surface area contributed by atoms with Crippen molar-refractivity contribution in [3.63, 3.8) is 0 Å². The summed E-state index contributed by atoms with van der Waals surface area (Å²) in [4.78, 5) is 16.7. The Hall–Kier alpha value is -2.24. The molecule has 0 fully saturated rings. The summed E-state index contributed by atoms with van der Waals surface area (Å²) in [5.74, 6) is 3.45. The summed E-state index contributed by atoms with van der Waals surface area (Å²) < 4.78 is 15.2. The van der Waals surface area contributed by atoms with Crippen LogP contribution in [-0.4, -0.2) is 46.6 Å². The van der Waals surface area contributed by atoms with Gasteiger partial charge in [-0.3, -0.25) is 9.56 Å². The summed E-state index contributed by atoms with van der Waals surface area (Å²) in [5.41, 5.74) is 2.25. The van der Waals surface area contributed by atoms with Gasteiger partial charge in [0.15, 0.2) is 5.96 Å². The molecule has 0 saturated heterocycles. The molecule has 1 unspecified atom stereocenters. The third kappa shape index (κ3) is 6.01. The Labute approximate surface area is 212 Å². The first-order valence-corrected chi connectivity index (χ1v) is 11.6. The van der Waals surface area contributed by atoms with E-state index >= 15 is 0 Å². The van der Waals surface area contributed by atoms with E-state index in [2.05, 4.69) is 39.8 Å². The number of aromatic nitrogens is 3. The lowest BCUT2D eigenvalue weighted by Gasteiger charge is -2.15.